The number of carbonyl (C=O) groups is 1. The normalized spacial score (nSPS) is 11.3. The van der Waals surface area contributed by atoms with Crippen LogP contribution in [0.1, 0.15) is 16.8 Å². The molecule has 0 heterocycles. The molecular formula is C11H13BrClNO3S. The molecule has 0 spiro atoms. The van der Waals surface area contributed by atoms with Crippen LogP contribution in [-0.4, -0.2) is 32.9 Å². The molecule has 7 heteroatoms. The van der Waals surface area contributed by atoms with Crippen LogP contribution >= 0.6 is 27.5 Å². The minimum atomic E-state index is -2.98. The van der Waals surface area contributed by atoms with Crippen LogP contribution in [-0.2, 0) is 9.84 Å². The maximum atomic E-state index is 11.7. The van der Waals surface area contributed by atoms with Crippen molar-refractivity contribution < 1.29 is 13.2 Å². The molecule has 1 amide bonds. The van der Waals surface area contributed by atoms with E-state index in [1.54, 1.807) is 18.2 Å². The zero-order valence-electron chi connectivity index (χ0n) is 9.74. The van der Waals surface area contributed by atoms with Crippen molar-refractivity contribution in [3.63, 3.8) is 0 Å². The molecule has 0 aromatic heterocycles. The SMILES string of the molecule is CS(=O)(=O)CCCNC(=O)c1ccc(Br)c(Cl)c1. The fourth-order valence-electron chi connectivity index (χ4n) is 1.28. The van der Waals surface area contributed by atoms with Crippen molar-refractivity contribution in [1.29, 1.82) is 0 Å². The number of benzene rings is 1. The molecule has 18 heavy (non-hydrogen) atoms. The van der Waals surface area contributed by atoms with Crippen molar-refractivity contribution in [2.75, 3.05) is 18.6 Å². The Labute approximate surface area is 120 Å². The van der Waals surface area contributed by atoms with Crippen LogP contribution < -0.4 is 5.32 Å². The summed E-state index contributed by atoms with van der Waals surface area (Å²) in [5, 5.41) is 3.10. The molecular weight excluding hydrogens is 342 g/mol. The van der Waals surface area contributed by atoms with Gasteiger partial charge < -0.3 is 5.32 Å². The molecule has 1 rings (SSSR count). The molecule has 1 aromatic carbocycles. The molecule has 0 aliphatic heterocycles. The van der Waals surface area contributed by atoms with Crippen molar-refractivity contribution in [3.05, 3.63) is 33.3 Å². The van der Waals surface area contributed by atoms with Crippen molar-refractivity contribution in [3.8, 4) is 0 Å². The van der Waals surface area contributed by atoms with E-state index in [2.05, 4.69) is 21.2 Å². The lowest BCUT2D eigenvalue weighted by molar-refractivity contribution is 0.0953. The average Bonchev–Trinajstić information content (AvgIpc) is 2.26. The van der Waals surface area contributed by atoms with Crippen molar-refractivity contribution in [2.24, 2.45) is 0 Å². The third kappa shape index (κ3) is 5.37. The number of amides is 1. The molecule has 0 aliphatic carbocycles. The van der Waals surface area contributed by atoms with Crippen LogP contribution in [0.5, 0.6) is 0 Å². The van der Waals surface area contributed by atoms with Crippen LogP contribution in [0.3, 0.4) is 0 Å². The average molecular weight is 355 g/mol. The molecule has 1 aromatic rings. The lowest BCUT2D eigenvalue weighted by Crippen LogP contribution is -2.25. The standard InChI is InChI=1S/C11H13BrClNO3S/c1-18(16,17)6-2-5-14-11(15)8-3-4-9(12)10(13)7-8/h3-4,7H,2,5-6H2,1H3,(H,14,15). The molecule has 4 nitrogen and oxygen atoms in total. The van der Waals surface area contributed by atoms with Gasteiger partial charge in [-0.1, -0.05) is 11.6 Å². The van der Waals surface area contributed by atoms with Gasteiger partial charge >= 0.3 is 0 Å². The first kappa shape index (κ1) is 15.5. The first-order chi connectivity index (χ1) is 8.29. The van der Waals surface area contributed by atoms with Crippen molar-refractivity contribution >= 4 is 43.3 Å². The Morgan fingerprint density at radius 1 is 1.44 bits per heavy atom. The maximum absolute atomic E-state index is 11.7. The third-order valence-corrected chi connectivity index (χ3v) is 4.42. The molecule has 100 valence electrons. The number of nitrogens with one attached hydrogen (secondary N) is 1. The Balaban J connectivity index is 2.48. The summed E-state index contributed by atoms with van der Waals surface area (Å²) in [6.07, 6.45) is 1.57. The van der Waals surface area contributed by atoms with Gasteiger partial charge in [0.05, 0.1) is 10.8 Å². The number of rotatable bonds is 5. The minimum Gasteiger partial charge on any atom is -0.352 e. The fraction of sp³-hybridized carbons (Fsp3) is 0.364. The first-order valence-electron chi connectivity index (χ1n) is 5.20. The van der Waals surface area contributed by atoms with Gasteiger partial charge in [0.15, 0.2) is 0 Å². The van der Waals surface area contributed by atoms with Gasteiger partial charge in [0.2, 0.25) is 0 Å². The lowest BCUT2D eigenvalue weighted by Gasteiger charge is -2.05. The number of hydrogen-bond acceptors (Lipinski definition) is 3. The number of carbonyl (C=O) groups excluding carboxylic acids is 1. The third-order valence-electron chi connectivity index (χ3n) is 2.16. The van der Waals surface area contributed by atoms with Gasteiger partial charge in [-0.25, -0.2) is 8.42 Å². The van der Waals surface area contributed by atoms with Crippen molar-refractivity contribution in [1.82, 2.24) is 5.32 Å². The zero-order chi connectivity index (χ0) is 13.8. The van der Waals surface area contributed by atoms with Gasteiger partial charge in [0.25, 0.3) is 5.91 Å². The summed E-state index contributed by atoms with van der Waals surface area (Å²) in [6, 6.07) is 4.88. The Morgan fingerprint density at radius 3 is 2.67 bits per heavy atom. The first-order valence-corrected chi connectivity index (χ1v) is 8.44. The highest BCUT2D eigenvalue weighted by atomic mass is 79.9. The van der Waals surface area contributed by atoms with Crippen LogP contribution in [0.25, 0.3) is 0 Å². The second-order valence-electron chi connectivity index (χ2n) is 3.87. The summed E-state index contributed by atoms with van der Waals surface area (Å²) in [5.74, 6) is -0.202. The summed E-state index contributed by atoms with van der Waals surface area (Å²) in [5.41, 5.74) is 0.447. The highest BCUT2D eigenvalue weighted by Gasteiger charge is 2.08. The smallest absolute Gasteiger partial charge is 0.251 e. The van der Waals surface area contributed by atoms with E-state index in [0.29, 0.717) is 23.6 Å². The van der Waals surface area contributed by atoms with Gasteiger partial charge in [-0.15, -0.1) is 0 Å². The molecule has 0 saturated heterocycles. The molecule has 0 unspecified atom stereocenters. The van der Waals surface area contributed by atoms with Gasteiger partial charge in [0.1, 0.15) is 9.84 Å². The van der Waals surface area contributed by atoms with E-state index in [9.17, 15) is 13.2 Å². The Hall–Kier alpha value is -0.590. The van der Waals surface area contributed by atoms with E-state index in [1.165, 1.54) is 6.26 Å². The second kappa shape index (κ2) is 6.54. The minimum absolute atomic E-state index is 0.0639. The highest BCUT2D eigenvalue weighted by Crippen LogP contribution is 2.23. The fourth-order valence-corrected chi connectivity index (χ4v) is 2.37. The van der Waals surface area contributed by atoms with Gasteiger partial charge in [-0.3, -0.25) is 4.79 Å². The molecule has 1 N–H and O–H groups in total. The van der Waals surface area contributed by atoms with Crippen LogP contribution in [0.15, 0.2) is 22.7 Å². The van der Waals surface area contributed by atoms with E-state index >= 15 is 0 Å². The van der Waals surface area contributed by atoms with Gasteiger partial charge in [-0.2, -0.15) is 0 Å². The van der Waals surface area contributed by atoms with E-state index in [0.717, 1.165) is 4.47 Å². The van der Waals surface area contributed by atoms with Crippen molar-refractivity contribution in [2.45, 2.75) is 6.42 Å². The zero-order valence-corrected chi connectivity index (χ0v) is 12.9. The predicted molar refractivity (Wildman–Crippen MR) is 75.8 cm³/mol. The lowest BCUT2D eigenvalue weighted by atomic mass is 10.2. The molecule has 0 bridgehead atoms. The topological polar surface area (TPSA) is 63.2 Å². The quantitative estimate of drug-likeness (QED) is 0.825. The van der Waals surface area contributed by atoms with Gasteiger partial charge in [0, 0.05) is 22.8 Å². The molecule has 0 saturated carbocycles. The summed E-state index contributed by atoms with van der Waals surface area (Å²) in [4.78, 5) is 11.7. The molecule has 0 atom stereocenters. The Morgan fingerprint density at radius 2 is 2.11 bits per heavy atom. The van der Waals surface area contributed by atoms with Crippen LogP contribution in [0.2, 0.25) is 5.02 Å². The van der Waals surface area contributed by atoms with E-state index in [4.69, 9.17) is 11.6 Å². The predicted octanol–water partition coefficient (Wildman–Crippen LogP) is 2.27. The number of hydrogen-bond donors (Lipinski definition) is 1. The summed E-state index contributed by atoms with van der Waals surface area (Å²) >= 11 is 9.11. The number of sulfone groups is 1. The van der Waals surface area contributed by atoms with Crippen LogP contribution in [0, 0.1) is 0 Å². The van der Waals surface area contributed by atoms with E-state index in [1.807, 2.05) is 0 Å². The largest absolute Gasteiger partial charge is 0.352 e. The van der Waals surface area contributed by atoms with Gasteiger partial charge in [-0.05, 0) is 40.5 Å². The molecule has 0 fully saturated rings. The monoisotopic (exact) mass is 353 g/mol. The molecule has 0 radical (unpaired) electrons. The highest BCUT2D eigenvalue weighted by molar-refractivity contribution is 9.10. The van der Waals surface area contributed by atoms with E-state index < -0.39 is 9.84 Å². The molecule has 0 aliphatic rings. The Bertz CT molecular complexity index is 545. The summed E-state index contributed by atoms with van der Waals surface area (Å²) < 4.78 is 22.5. The second-order valence-corrected chi connectivity index (χ2v) is 7.39. The summed E-state index contributed by atoms with van der Waals surface area (Å²) in [7, 11) is -2.98. The number of halogens is 2. The maximum Gasteiger partial charge on any atom is 0.251 e. The van der Waals surface area contributed by atoms with Crippen LogP contribution in [0.4, 0.5) is 0 Å². The summed E-state index contributed by atoms with van der Waals surface area (Å²) in [6.45, 7) is 0.319. The Kier molecular flexibility index (Phi) is 5.62. The van der Waals surface area contributed by atoms with E-state index in [-0.39, 0.29) is 11.7 Å².